The van der Waals surface area contributed by atoms with Crippen LogP contribution < -0.4 is 9.80 Å². The van der Waals surface area contributed by atoms with Gasteiger partial charge in [0.25, 0.3) is 5.91 Å². The molecule has 0 aliphatic carbocycles. The van der Waals surface area contributed by atoms with E-state index in [0.29, 0.717) is 36.4 Å². The summed E-state index contributed by atoms with van der Waals surface area (Å²) in [4.78, 5) is 43.9. The predicted molar refractivity (Wildman–Crippen MR) is 151 cm³/mol. The fourth-order valence-corrected chi connectivity index (χ4v) is 5.50. The van der Waals surface area contributed by atoms with Gasteiger partial charge in [0.15, 0.2) is 5.60 Å². The van der Waals surface area contributed by atoms with Crippen LogP contribution in [0.4, 0.5) is 11.4 Å². The van der Waals surface area contributed by atoms with E-state index in [1.807, 2.05) is 36.4 Å². The number of anilines is 2. The summed E-state index contributed by atoms with van der Waals surface area (Å²) in [5.41, 5.74) is 0.918. The molecule has 2 atom stereocenters. The van der Waals surface area contributed by atoms with Crippen molar-refractivity contribution in [1.29, 1.82) is 0 Å². The highest BCUT2D eigenvalue weighted by atomic mass is 16.3. The average Bonchev–Trinajstić information content (AvgIpc) is 3.12. The van der Waals surface area contributed by atoms with Crippen LogP contribution in [0.5, 0.6) is 0 Å². The molecule has 0 saturated carbocycles. The van der Waals surface area contributed by atoms with Gasteiger partial charge < -0.3 is 24.9 Å². The molecule has 0 unspecified atom stereocenters. The second-order valence-corrected chi connectivity index (χ2v) is 10.5. The SMILES string of the molecule is C[C@H](/C=C/CC(=O)N(CCO)Cc1ccccc1)[C@@]1(O)C(=O)N(C)c2ccc(N3CCCCCCC3=O)cc21. The van der Waals surface area contributed by atoms with Crippen molar-refractivity contribution >= 4 is 29.1 Å². The zero-order chi connectivity index (χ0) is 28.0. The Morgan fingerprint density at radius 1 is 1.10 bits per heavy atom. The molecule has 1 fully saturated rings. The Morgan fingerprint density at radius 2 is 1.85 bits per heavy atom. The lowest BCUT2D eigenvalue weighted by molar-refractivity contribution is -0.139. The maximum Gasteiger partial charge on any atom is 0.264 e. The predicted octanol–water partition coefficient (Wildman–Crippen LogP) is 3.75. The third-order valence-corrected chi connectivity index (χ3v) is 7.83. The van der Waals surface area contributed by atoms with Crippen molar-refractivity contribution in [3.8, 4) is 0 Å². The van der Waals surface area contributed by atoms with Gasteiger partial charge in [-0.3, -0.25) is 14.4 Å². The minimum atomic E-state index is -1.82. The Kier molecular flexibility index (Phi) is 9.20. The average molecular weight is 534 g/mol. The van der Waals surface area contributed by atoms with Crippen molar-refractivity contribution in [2.45, 2.75) is 57.6 Å². The first-order chi connectivity index (χ1) is 18.8. The van der Waals surface area contributed by atoms with Gasteiger partial charge in [-0.05, 0) is 36.6 Å². The van der Waals surface area contributed by atoms with Crippen LogP contribution in [0.15, 0.2) is 60.7 Å². The molecule has 2 aliphatic heterocycles. The van der Waals surface area contributed by atoms with Crippen LogP contribution in [0.3, 0.4) is 0 Å². The van der Waals surface area contributed by atoms with E-state index in [9.17, 15) is 24.6 Å². The van der Waals surface area contributed by atoms with Crippen molar-refractivity contribution < 1.29 is 24.6 Å². The number of rotatable bonds is 9. The minimum Gasteiger partial charge on any atom is -0.395 e. The topological polar surface area (TPSA) is 101 Å². The monoisotopic (exact) mass is 533 g/mol. The van der Waals surface area contributed by atoms with E-state index >= 15 is 0 Å². The molecule has 2 aromatic carbocycles. The summed E-state index contributed by atoms with van der Waals surface area (Å²) in [7, 11) is 1.64. The van der Waals surface area contributed by atoms with Crippen molar-refractivity contribution in [1.82, 2.24) is 4.90 Å². The fourth-order valence-electron chi connectivity index (χ4n) is 5.50. The smallest absolute Gasteiger partial charge is 0.264 e. The number of aliphatic hydroxyl groups is 2. The lowest BCUT2D eigenvalue weighted by Gasteiger charge is -2.29. The molecule has 0 radical (unpaired) electrons. The van der Waals surface area contributed by atoms with E-state index in [1.165, 1.54) is 4.90 Å². The zero-order valence-electron chi connectivity index (χ0n) is 22.9. The summed E-state index contributed by atoms with van der Waals surface area (Å²) in [5.74, 6) is -1.16. The molecule has 3 amide bonds. The second kappa shape index (κ2) is 12.6. The Labute approximate surface area is 230 Å². The summed E-state index contributed by atoms with van der Waals surface area (Å²) >= 11 is 0. The Balaban J connectivity index is 1.52. The molecule has 208 valence electrons. The number of fused-ring (bicyclic) bond motifs is 1. The molecule has 8 heteroatoms. The van der Waals surface area contributed by atoms with Crippen LogP contribution in [0, 0.1) is 5.92 Å². The quantitative estimate of drug-likeness (QED) is 0.478. The number of carbonyl (C=O) groups is 3. The summed E-state index contributed by atoms with van der Waals surface area (Å²) in [6.45, 7) is 2.84. The van der Waals surface area contributed by atoms with E-state index in [-0.39, 0.29) is 31.4 Å². The highest BCUT2D eigenvalue weighted by Crippen LogP contribution is 2.46. The first kappa shape index (κ1) is 28.5. The van der Waals surface area contributed by atoms with Crippen molar-refractivity contribution in [3.63, 3.8) is 0 Å². The molecule has 2 heterocycles. The van der Waals surface area contributed by atoms with Gasteiger partial charge in [-0.25, -0.2) is 0 Å². The lowest BCUT2D eigenvalue weighted by atomic mass is 9.82. The van der Waals surface area contributed by atoms with Crippen LogP contribution >= 0.6 is 0 Å². The Hall–Kier alpha value is -3.49. The summed E-state index contributed by atoms with van der Waals surface area (Å²) in [6, 6.07) is 15.0. The number of carbonyl (C=O) groups excluding carboxylic acids is 3. The van der Waals surface area contributed by atoms with Crippen LogP contribution in [0.25, 0.3) is 0 Å². The second-order valence-electron chi connectivity index (χ2n) is 10.5. The van der Waals surface area contributed by atoms with Gasteiger partial charge in [-0.15, -0.1) is 0 Å². The van der Waals surface area contributed by atoms with Gasteiger partial charge in [0.05, 0.1) is 12.3 Å². The van der Waals surface area contributed by atoms with E-state index in [2.05, 4.69) is 0 Å². The molecule has 2 aromatic rings. The van der Waals surface area contributed by atoms with Crippen LogP contribution in [0.1, 0.15) is 56.6 Å². The summed E-state index contributed by atoms with van der Waals surface area (Å²) in [5, 5.41) is 21.3. The third-order valence-electron chi connectivity index (χ3n) is 7.83. The molecule has 1 saturated heterocycles. The third kappa shape index (κ3) is 6.07. The summed E-state index contributed by atoms with van der Waals surface area (Å²) in [6.07, 6.45) is 7.85. The lowest BCUT2D eigenvalue weighted by Crippen LogP contribution is -2.43. The van der Waals surface area contributed by atoms with E-state index in [0.717, 1.165) is 31.2 Å². The molecule has 0 aromatic heterocycles. The number of aliphatic hydroxyl groups excluding tert-OH is 1. The number of amides is 3. The van der Waals surface area contributed by atoms with Gasteiger partial charge in [0.2, 0.25) is 11.8 Å². The van der Waals surface area contributed by atoms with Crippen LogP contribution in [-0.4, -0.2) is 59.6 Å². The van der Waals surface area contributed by atoms with E-state index < -0.39 is 17.4 Å². The molecule has 2 N–H and O–H groups in total. The number of hydrogen-bond donors (Lipinski definition) is 2. The number of hydrogen-bond acceptors (Lipinski definition) is 5. The maximum absolute atomic E-state index is 13.3. The Bertz CT molecular complexity index is 1210. The van der Waals surface area contributed by atoms with Gasteiger partial charge in [0, 0.05) is 56.7 Å². The first-order valence-electron chi connectivity index (χ1n) is 13.8. The van der Waals surface area contributed by atoms with Crippen molar-refractivity contribution in [3.05, 3.63) is 71.8 Å². The molecule has 8 nitrogen and oxygen atoms in total. The number of benzene rings is 2. The van der Waals surface area contributed by atoms with Crippen LogP contribution in [-0.2, 0) is 26.5 Å². The molecular formula is C31H39N3O5. The van der Waals surface area contributed by atoms with Crippen molar-refractivity contribution in [2.75, 3.05) is 36.5 Å². The minimum absolute atomic E-state index is 0.0604. The number of likely N-dealkylation sites (N-methyl/N-ethyl adjacent to an activating group) is 1. The molecule has 4 rings (SSSR count). The molecular weight excluding hydrogens is 494 g/mol. The highest BCUT2D eigenvalue weighted by molar-refractivity contribution is 6.07. The standard InChI is InChI=1S/C31H39N3O5/c1-23(11-10-15-28(36)33(19-20-35)22-24-12-6-5-7-13-24)31(39)26-21-25(16-17-27(26)32(2)30(31)38)34-18-9-4-3-8-14-29(34)37/h5-7,10-13,16-17,21,23,35,39H,3-4,8-9,14-15,18-20,22H2,1-2H3/b11-10+/t23-,31+/m1/s1. The van der Waals surface area contributed by atoms with Crippen LogP contribution in [0.2, 0.25) is 0 Å². The Morgan fingerprint density at radius 3 is 2.59 bits per heavy atom. The fraction of sp³-hybridized carbons (Fsp3) is 0.452. The summed E-state index contributed by atoms with van der Waals surface area (Å²) < 4.78 is 0. The van der Waals surface area contributed by atoms with Gasteiger partial charge in [-0.1, -0.05) is 62.2 Å². The van der Waals surface area contributed by atoms with Gasteiger partial charge in [0.1, 0.15) is 0 Å². The molecule has 0 bridgehead atoms. The van der Waals surface area contributed by atoms with Gasteiger partial charge >= 0.3 is 0 Å². The number of nitrogens with zero attached hydrogens (tertiary/aromatic N) is 3. The zero-order valence-corrected chi connectivity index (χ0v) is 22.9. The largest absolute Gasteiger partial charge is 0.395 e. The van der Waals surface area contributed by atoms with Crippen molar-refractivity contribution in [2.24, 2.45) is 5.92 Å². The first-order valence-corrected chi connectivity index (χ1v) is 13.8. The molecule has 39 heavy (non-hydrogen) atoms. The highest BCUT2D eigenvalue weighted by Gasteiger charge is 2.51. The van der Waals surface area contributed by atoms with E-state index in [1.54, 1.807) is 48.1 Å². The molecule has 0 spiro atoms. The maximum atomic E-state index is 13.3. The van der Waals surface area contributed by atoms with E-state index in [4.69, 9.17) is 0 Å². The normalized spacial score (nSPS) is 20.6. The molecule has 2 aliphatic rings. The van der Waals surface area contributed by atoms with Gasteiger partial charge in [-0.2, -0.15) is 0 Å².